The van der Waals surface area contributed by atoms with E-state index in [0.29, 0.717) is 44.0 Å². The fourth-order valence-electron chi connectivity index (χ4n) is 6.11. The van der Waals surface area contributed by atoms with E-state index >= 15 is 0 Å². The number of halogens is 1. The molecular weight excluding hydrogens is 724 g/mol. The average molecular weight is 776 g/mol. The highest BCUT2D eigenvalue weighted by molar-refractivity contribution is 9.10. The molecule has 2 atom stereocenters. The number of fused-ring (bicyclic) bond motifs is 6. The molecule has 0 aliphatic carbocycles. The number of hydrogen-bond donors (Lipinski definition) is 2. The predicted molar refractivity (Wildman–Crippen MR) is 207 cm³/mol. The molecule has 52 heavy (non-hydrogen) atoms. The molecule has 0 unspecified atom stereocenters. The van der Waals surface area contributed by atoms with Crippen LogP contribution in [0.25, 0.3) is 22.3 Å². The van der Waals surface area contributed by atoms with Crippen LogP contribution in [0.3, 0.4) is 0 Å². The molecule has 0 saturated carbocycles. The van der Waals surface area contributed by atoms with Crippen molar-refractivity contribution < 1.29 is 28.5 Å². The summed E-state index contributed by atoms with van der Waals surface area (Å²) in [5.41, 5.74) is 12.1. The van der Waals surface area contributed by atoms with E-state index in [9.17, 15) is 4.79 Å². The lowest BCUT2D eigenvalue weighted by atomic mass is 9.99. The van der Waals surface area contributed by atoms with Gasteiger partial charge in [-0.25, -0.2) is 4.79 Å². The normalized spacial score (nSPS) is 13.8. The molecule has 3 N–H and O–H groups in total. The molecule has 2 aromatic heterocycles. The number of hydrogen-bond acceptors (Lipinski definition) is 9. The standard InChI is InChI=1S/C23H30N2O4.C18H21BrN2O2/c1-15(2)10-17(25-22(26)29-23(3,4)5)14-27-18-6-7-20-19-8-9-24-12-16(19)13-28-21(20)11-18;1-11(2)5-13(20)10-23-18-7-17-15(6-16(18)19)14-3-4-21-8-12(14)9-22-17/h6-9,11-12,15,17H,10,13-14H2,1-5H3,(H,25,26);3-4,6-8,11,13H,5,9-10,20H2,1-2H3/t17-;13-/m00/s1. The second kappa shape index (κ2) is 17.4. The Morgan fingerprint density at radius 3 is 2.06 bits per heavy atom. The summed E-state index contributed by atoms with van der Waals surface area (Å²) >= 11 is 3.59. The maximum absolute atomic E-state index is 12.2. The van der Waals surface area contributed by atoms with Gasteiger partial charge in [-0.3, -0.25) is 9.97 Å². The minimum absolute atomic E-state index is 0.0330. The molecule has 4 heterocycles. The summed E-state index contributed by atoms with van der Waals surface area (Å²) in [6, 6.07) is 13.7. The highest BCUT2D eigenvalue weighted by atomic mass is 79.9. The Morgan fingerprint density at radius 2 is 1.44 bits per heavy atom. The highest BCUT2D eigenvalue weighted by Gasteiger charge is 2.23. The molecule has 6 rings (SSSR count). The summed E-state index contributed by atoms with van der Waals surface area (Å²) < 4.78 is 29.9. The summed E-state index contributed by atoms with van der Waals surface area (Å²) in [7, 11) is 0. The largest absolute Gasteiger partial charge is 0.491 e. The molecule has 0 spiro atoms. The Balaban J connectivity index is 0.000000206. The maximum atomic E-state index is 12.2. The number of aromatic nitrogens is 2. The monoisotopic (exact) mass is 774 g/mol. The van der Waals surface area contributed by atoms with Gasteiger partial charge in [-0.05, 0) is 103 Å². The molecule has 2 aliphatic rings. The Labute approximate surface area is 315 Å². The first-order valence-electron chi connectivity index (χ1n) is 17.9. The van der Waals surface area contributed by atoms with E-state index in [-0.39, 0.29) is 12.1 Å². The number of carbonyl (C=O) groups is 1. The minimum atomic E-state index is -0.533. The molecule has 0 fully saturated rings. The van der Waals surface area contributed by atoms with Gasteiger partial charge in [0, 0.05) is 65.2 Å². The molecular formula is C41H51BrN4O6. The van der Waals surface area contributed by atoms with Crippen molar-refractivity contribution >= 4 is 22.0 Å². The fraction of sp³-hybridized carbons (Fsp3) is 0.439. The van der Waals surface area contributed by atoms with Crippen LogP contribution in [0.4, 0.5) is 4.79 Å². The van der Waals surface area contributed by atoms with Crippen molar-refractivity contribution in [3.05, 3.63) is 82.9 Å². The van der Waals surface area contributed by atoms with Gasteiger partial charge in [-0.15, -0.1) is 0 Å². The number of amides is 1. The van der Waals surface area contributed by atoms with Crippen molar-refractivity contribution in [3.8, 4) is 45.3 Å². The third-order valence-electron chi connectivity index (χ3n) is 8.30. The van der Waals surface area contributed by atoms with Gasteiger partial charge in [-0.1, -0.05) is 27.7 Å². The van der Waals surface area contributed by atoms with Crippen molar-refractivity contribution in [2.75, 3.05) is 13.2 Å². The zero-order chi connectivity index (χ0) is 37.4. The fourth-order valence-corrected chi connectivity index (χ4v) is 6.57. The SMILES string of the molecule is CC(C)C[C@@H](COc1ccc2c(c1)OCc1cnccc1-2)NC(=O)OC(C)(C)C.CC(C)C[C@H](N)COc1cc2c(cc1Br)-c1ccncc1CO2. The van der Waals surface area contributed by atoms with Gasteiger partial charge in [0.1, 0.15) is 55.0 Å². The number of nitrogens with zero attached hydrogens (tertiary/aromatic N) is 2. The zero-order valence-corrected chi connectivity index (χ0v) is 32.8. The van der Waals surface area contributed by atoms with Crippen LogP contribution in [0, 0.1) is 11.8 Å². The molecule has 4 aromatic rings. The van der Waals surface area contributed by atoms with Crippen molar-refractivity contribution in [3.63, 3.8) is 0 Å². The van der Waals surface area contributed by atoms with Crippen LogP contribution in [0.15, 0.2) is 71.7 Å². The van der Waals surface area contributed by atoms with E-state index in [2.05, 4.69) is 58.9 Å². The lowest BCUT2D eigenvalue weighted by Gasteiger charge is -2.25. The van der Waals surface area contributed by atoms with Crippen molar-refractivity contribution in [1.82, 2.24) is 15.3 Å². The number of ether oxygens (including phenoxy) is 5. The van der Waals surface area contributed by atoms with Gasteiger partial charge in [0.05, 0.1) is 10.5 Å². The topological polar surface area (TPSA) is 127 Å². The molecule has 11 heteroatoms. The molecule has 2 aliphatic heterocycles. The Hall–Kier alpha value is -4.35. The van der Waals surface area contributed by atoms with E-state index in [1.807, 2.05) is 75.6 Å². The van der Waals surface area contributed by atoms with Crippen LogP contribution >= 0.6 is 15.9 Å². The first-order valence-corrected chi connectivity index (χ1v) is 18.7. The highest BCUT2D eigenvalue weighted by Crippen LogP contribution is 2.43. The number of nitrogens with two attached hydrogens (primary N) is 1. The quantitative estimate of drug-likeness (QED) is 0.153. The van der Waals surface area contributed by atoms with Crippen LogP contribution < -0.4 is 30.0 Å². The minimum Gasteiger partial charge on any atom is -0.491 e. The lowest BCUT2D eigenvalue weighted by molar-refractivity contribution is 0.0480. The van der Waals surface area contributed by atoms with Crippen LogP contribution in [-0.2, 0) is 18.0 Å². The Bertz CT molecular complexity index is 1830. The molecule has 10 nitrogen and oxygen atoms in total. The molecule has 2 aromatic carbocycles. The van der Waals surface area contributed by atoms with Crippen LogP contribution in [-0.4, -0.2) is 47.0 Å². The van der Waals surface area contributed by atoms with Gasteiger partial charge >= 0.3 is 6.09 Å². The summed E-state index contributed by atoms with van der Waals surface area (Å²) in [6.07, 6.45) is 8.59. The summed E-state index contributed by atoms with van der Waals surface area (Å²) in [5.74, 6) is 4.08. The number of pyridine rings is 2. The summed E-state index contributed by atoms with van der Waals surface area (Å²) in [4.78, 5) is 20.5. The van der Waals surface area contributed by atoms with Crippen molar-refractivity contribution in [2.45, 2.75) is 92.2 Å². The molecule has 278 valence electrons. The molecule has 0 saturated heterocycles. The Kier molecular flexibility index (Phi) is 13.0. The van der Waals surface area contributed by atoms with Crippen LogP contribution in [0.1, 0.15) is 72.4 Å². The number of carbonyl (C=O) groups excluding carboxylic acids is 1. The van der Waals surface area contributed by atoms with Crippen molar-refractivity contribution in [2.24, 2.45) is 17.6 Å². The zero-order valence-electron chi connectivity index (χ0n) is 31.2. The Morgan fingerprint density at radius 1 is 0.827 bits per heavy atom. The van der Waals surface area contributed by atoms with Gasteiger partial charge in [0.25, 0.3) is 0 Å². The predicted octanol–water partition coefficient (Wildman–Crippen LogP) is 9.11. The first kappa shape index (κ1) is 38.9. The summed E-state index contributed by atoms with van der Waals surface area (Å²) in [5, 5.41) is 2.93. The van der Waals surface area contributed by atoms with E-state index in [1.54, 1.807) is 12.4 Å². The smallest absolute Gasteiger partial charge is 0.407 e. The van der Waals surface area contributed by atoms with E-state index < -0.39 is 11.7 Å². The number of alkyl carbamates (subject to hydrolysis) is 1. The van der Waals surface area contributed by atoms with E-state index in [1.165, 1.54) is 0 Å². The maximum Gasteiger partial charge on any atom is 0.407 e. The van der Waals surface area contributed by atoms with Gasteiger partial charge in [0.15, 0.2) is 0 Å². The van der Waals surface area contributed by atoms with Gasteiger partial charge < -0.3 is 34.7 Å². The van der Waals surface area contributed by atoms with Crippen LogP contribution in [0.5, 0.6) is 23.0 Å². The van der Waals surface area contributed by atoms with E-state index in [0.717, 1.165) is 67.9 Å². The first-order chi connectivity index (χ1) is 24.8. The third kappa shape index (κ3) is 10.8. The second-order valence-electron chi connectivity index (χ2n) is 15.1. The van der Waals surface area contributed by atoms with Gasteiger partial charge in [0.2, 0.25) is 0 Å². The number of nitrogens with one attached hydrogen (secondary N) is 1. The average Bonchev–Trinajstić information content (AvgIpc) is 3.08. The molecule has 0 bridgehead atoms. The molecule has 0 radical (unpaired) electrons. The second-order valence-corrected chi connectivity index (χ2v) is 15.9. The number of benzene rings is 2. The van der Waals surface area contributed by atoms with Crippen LogP contribution in [0.2, 0.25) is 0 Å². The summed E-state index contributed by atoms with van der Waals surface area (Å²) in [6.45, 7) is 16.0. The third-order valence-corrected chi connectivity index (χ3v) is 8.92. The number of rotatable bonds is 11. The molecule has 1 amide bonds. The van der Waals surface area contributed by atoms with Gasteiger partial charge in [-0.2, -0.15) is 0 Å². The van der Waals surface area contributed by atoms with Crippen molar-refractivity contribution in [1.29, 1.82) is 0 Å². The lowest BCUT2D eigenvalue weighted by Crippen LogP contribution is -2.42. The van der Waals surface area contributed by atoms with E-state index in [4.69, 9.17) is 29.4 Å².